The third-order valence-corrected chi connectivity index (χ3v) is 3.44. The minimum atomic E-state index is 0.871. The molecular formula is C13H17N. The van der Waals surface area contributed by atoms with Gasteiger partial charge in [0.15, 0.2) is 0 Å². The van der Waals surface area contributed by atoms with Gasteiger partial charge in [0.25, 0.3) is 0 Å². The minimum absolute atomic E-state index is 0.871. The monoisotopic (exact) mass is 187 g/mol. The lowest BCUT2D eigenvalue weighted by molar-refractivity contribution is 0.685. The highest BCUT2D eigenvalue weighted by molar-refractivity contribution is 5.62. The maximum absolute atomic E-state index is 2.65. The summed E-state index contributed by atoms with van der Waals surface area (Å²) in [6.45, 7) is 3.53. The van der Waals surface area contributed by atoms with Gasteiger partial charge in [-0.05, 0) is 43.7 Å². The summed E-state index contributed by atoms with van der Waals surface area (Å²) in [5, 5.41) is 0. The smallest absolute Gasteiger partial charge is 0.0430 e. The van der Waals surface area contributed by atoms with Crippen molar-refractivity contribution in [3.05, 3.63) is 29.3 Å². The number of hydrogen-bond donors (Lipinski definition) is 0. The van der Waals surface area contributed by atoms with Crippen LogP contribution < -0.4 is 4.90 Å². The van der Waals surface area contributed by atoms with Crippen LogP contribution in [0.15, 0.2) is 18.2 Å². The molecule has 0 radical (unpaired) electrons. The van der Waals surface area contributed by atoms with E-state index in [1.807, 2.05) is 0 Å². The zero-order valence-electron chi connectivity index (χ0n) is 8.79. The second-order valence-corrected chi connectivity index (χ2v) is 4.61. The zero-order valence-corrected chi connectivity index (χ0v) is 8.79. The van der Waals surface area contributed by atoms with Gasteiger partial charge >= 0.3 is 0 Å². The van der Waals surface area contributed by atoms with E-state index in [2.05, 4.69) is 30.0 Å². The molecule has 0 unspecified atom stereocenters. The van der Waals surface area contributed by atoms with Crippen LogP contribution in [0.1, 0.15) is 30.4 Å². The third kappa shape index (κ3) is 1.23. The Morgan fingerprint density at radius 2 is 2.14 bits per heavy atom. The summed E-state index contributed by atoms with van der Waals surface area (Å²) in [6, 6.07) is 7.62. The average molecular weight is 187 g/mol. The molecule has 1 heterocycles. The van der Waals surface area contributed by atoms with Gasteiger partial charge in [-0.15, -0.1) is 0 Å². The molecule has 74 valence electrons. The van der Waals surface area contributed by atoms with E-state index in [1.165, 1.54) is 37.8 Å². The van der Waals surface area contributed by atoms with E-state index in [0.717, 1.165) is 6.04 Å². The normalized spacial score (nSPS) is 20.8. The molecule has 0 bridgehead atoms. The van der Waals surface area contributed by atoms with E-state index in [-0.39, 0.29) is 0 Å². The van der Waals surface area contributed by atoms with Crippen molar-refractivity contribution in [1.82, 2.24) is 0 Å². The highest BCUT2D eigenvalue weighted by atomic mass is 15.2. The van der Waals surface area contributed by atoms with Crippen LogP contribution in [0.4, 0.5) is 5.69 Å². The molecule has 0 saturated heterocycles. The molecule has 0 aromatic heterocycles. The maximum Gasteiger partial charge on any atom is 0.0430 e. The summed E-state index contributed by atoms with van der Waals surface area (Å²) in [4.78, 5) is 2.65. The van der Waals surface area contributed by atoms with Crippen molar-refractivity contribution in [2.45, 2.75) is 38.6 Å². The molecule has 1 saturated carbocycles. The van der Waals surface area contributed by atoms with Crippen LogP contribution in [0.25, 0.3) is 0 Å². The lowest BCUT2D eigenvalue weighted by atomic mass is 9.98. The zero-order chi connectivity index (χ0) is 9.54. The molecule has 0 atom stereocenters. The summed E-state index contributed by atoms with van der Waals surface area (Å²) in [5.74, 6) is 0. The van der Waals surface area contributed by atoms with Gasteiger partial charge in [0.2, 0.25) is 0 Å². The number of anilines is 1. The quantitative estimate of drug-likeness (QED) is 0.653. The molecule has 1 fully saturated rings. The van der Waals surface area contributed by atoms with E-state index in [0.29, 0.717) is 0 Å². The summed E-state index contributed by atoms with van der Waals surface area (Å²) < 4.78 is 0. The fraction of sp³-hybridized carbons (Fsp3) is 0.538. The molecule has 1 aromatic rings. The number of rotatable bonds is 1. The van der Waals surface area contributed by atoms with Gasteiger partial charge in [0.1, 0.15) is 0 Å². The van der Waals surface area contributed by atoms with E-state index in [4.69, 9.17) is 0 Å². The molecule has 3 rings (SSSR count). The number of aryl methyl sites for hydroxylation is 2. The van der Waals surface area contributed by atoms with Crippen molar-refractivity contribution in [2.24, 2.45) is 0 Å². The Balaban J connectivity index is 2.07. The molecule has 1 aliphatic heterocycles. The van der Waals surface area contributed by atoms with Gasteiger partial charge in [0.05, 0.1) is 0 Å². The minimum Gasteiger partial charge on any atom is -0.368 e. The second-order valence-electron chi connectivity index (χ2n) is 4.61. The van der Waals surface area contributed by atoms with Crippen molar-refractivity contribution in [2.75, 3.05) is 11.4 Å². The summed E-state index contributed by atoms with van der Waals surface area (Å²) in [5.41, 5.74) is 4.60. The SMILES string of the molecule is Cc1cccc2c1N(C1CC1)CCC2. The molecule has 1 heteroatoms. The van der Waals surface area contributed by atoms with E-state index in [9.17, 15) is 0 Å². The molecule has 0 spiro atoms. The van der Waals surface area contributed by atoms with Crippen LogP contribution in [0, 0.1) is 6.92 Å². The van der Waals surface area contributed by atoms with Crippen molar-refractivity contribution < 1.29 is 0 Å². The Bertz CT molecular complexity index is 352. The molecular weight excluding hydrogens is 170 g/mol. The van der Waals surface area contributed by atoms with Gasteiger partial charge in [-0.3, -0.25) is 0 Å². The fourth-order valence-electron chi connectivity index (χ4n) is 2.64. The molecule has 1 aromatic carbocycles. The molecule has 0 amide bonds. The Hall–Kier alpha value is -0.980. The fourth-order valence-corrected chi connectivity index (χ4v) is 2.64. The van der Waals surface area contributed by atoms with Crippen LogP contribution in [0.2, 0.25) is 0 Å². The lowest BCUT2D eigenvalue weighted by Crippen LogP contribution is -2.32. The van der Waals surface area contributed by atoms with Gasteiger partial charge in [-0.2, -0.15) is 0 Å². The second kappa shape index (κ2) is 3.01. The molecule has 14 heavy (non-hydrogen) atoms. The Morgan fingerprint density at radius 3 is 2.93 bits per heavy atom. The largest absolute Gasteiger partial charge is 0.368 e. The number of benzene rings is 1. The van der Waals surface area contributed by atoms with E-state index in [1.54, 1.807) is 11.3 Å². The van der Waals surface area contributed by atoms with Gasteiger partial charge in [-0.1, -0.05) is 18.2 Å². The number of para-hydroxylation sites is 1. The molecule has 1 nitrogen and oxygen atoms in total. The third-order valence-electron chi connectivity index (χ3n) is 3.44. The van der Waals surface area contributed by atoms with Crippen LogP contribution in [0.5, 0.6) is 0 Å². The Morgan fingerprint density at radius 1 is 1.29 bits per heavy atom. The Kier molecular flexibility index (Phi) is 1.79. The van der Waals surface area contributed by atoms with Crippen molar-refractivity contribution >= 4 is 5.69 Å². The first-order chi connectivity index (χ1) is 6.86. The number of hydrogen-bond acceptors (Lipinski definition) is 1. The average Bonchev–Trinajstić information content (AvgIpc) is 3.01. The first-order valence-electron chi connectivity index (χ1n) is 5.71. The highest BCUT2D eigenvalue weighted by Gasteiger charge is 2.32. The predicted octanol–water partition coefficient (Wildman–Crippen LogP) is 2.91. The summed E-state index contributed by atoms with van der Waals surface area (Å²) in [7, 11) is 0. The van der Waals surface area contributed by atoms with E-state index >= 15 is 0 Å². The van der Waals surface area contributed by atoms with E-state index < -0.39 is 0 Å². The van der Waals surface area contributed by atoms with Crippen LogP contribution in [-0.2, 0) is 6.42 Å². The van der Waals surface area contributed by atoms with Crippen molar-refractivity contribution in [3.8, 4) is 0 Å². The molecule has 1 aliphatic carbocycles. The highest BCUT2D eigenvalue weighted by Crippen LogP contribution is 2.38. The predicted molar refractivity (Wildman–Crippen MR) is 59.9 cm³/mol. The Labute approximate surface area is 85.7 Å². The first kappa shape index (κ1) is 8.34. The first-order valence-corrected chi connectivity index (χ1v) is 5.71. The number of fused-ring (bicyclic) bond motifs is 1. The summed E-state index contributed by atoms with van der Waals surface area (Å²) >= 11 is 0. The lowest BCUT2D eigenvalue weighted by Gasteiger charge is -2.32. The maximum atomic E-state index is 2.65. The standard InChI is InChI=1S/C13H17N/c1-10-4-2-5-11-6-3-9-14(13(10)11)12-7-8-12/h2,4-5,12H,3,6-9H2,1H3. The van der Waals surface area contributed by atoms with Gasteiger partial charge in [-0.25, -0.2) is 0 Å². The van der Waals surface area contributed by atoms with Crippen molar-refractivity contribution in [1.29, 1.82) is 0 Å². The van der Waals surface area contributed by atoms with Crippen LogP contribution in [0.3, 0.4) is 0 Å². The van der Waals surface area contributed by atoms with Crippen LogP contribution >= 0.6 is 0 Å². The summed E-state index contributed by atoms with van der Waals surface area (Å²) in [6.07, 6.45) is 5.44. The molecule has 2 aliphatic rings. The van der Waals surface area contributed by atoms with Crippen LogP contribution in [-0.4, -0.2) is 12.6 Å². The van der Waals surface area contributed by atoms with Gasteiger partial charge < -0.3 is 4.90 Å². The number of nitrogens with zero attached hydrogens (tertiary/aromatic N) is 1. The molecule has 0 N–H and O–H groups in total. The topological polar surface area (TPSA) is 3.24 Å². The van der Waals surface area contributed by atoms with Gasteiger partial charge in [0, 0.05) is 18.3 Å². The van der Waals surface area contributed by atoms with Crippen molar-refractivity contribution in [3.63, 3.8) is 0 Å².